The van der Waals surface area contributed by atoms with E-state index >= 15 is 0 Å². The van der Waals surface area contributed by atoms with Crippen molar-refractivity contribution in [2.75, 3.05) is 33.0 Å². The SMILES string of the molecule is O=C1/C(=C/c2ccc(-c3ccccc3)o2)SC(=S)N1CN1CCOCC1. The van der Waals surface area contributed by atoms with Crippen LogP contribution in [0.15, 0.2) is 51.8 Å². The van der Waals surface area contributed by atoms with E-state index < -0.39 is 0 Å². The number of carbonyl (C=O) groups is 1. The van der Waals surface area contributed by atoms with Crippen LogP contribution in [0.4, 0.5) is 0 Å². The van der Waals surface area contributed by atoms with Gasteiger partial charge in [-0.3, -0.25) is 14.6 Å². The fraction of sp³-hybridized carbons (Fsp3) is 0.263. The van der Waals surface area contributed by atoms with Gasteiger partial charge >= 0.3 is 0 Å². The molecule has 0 unspecified atom stereocenters. The van der Waals surface area contributed by atoms with Gasteiger partial charge in [-0.1, -0.05) is 54.3 Å². The molecule has 2 aliphatic heterocycles. The van der Waals surface area contributed by atoms with Crippen molar-refractivity contribution in [3.05, 3.63) is 53.1 Å². The zero-order chi connectivity index (χ0) is 17.9. The van der Waals surface area contributed by atoms with Crippen LogP contribution in [0.2, 0.25) is 0 Å². The van der Waals surface area contributed by atoms with Gasteiger partial charge in [-0.05, 0) is 12.1 Å². The van der Waals surface area contributed by atoms with Crippen LogP contribution in [-0.4, -0.2) is 53.0 Å². The lowest BCUT2D eigenvalue weighted by atomic mass is 10.2. The Morgan fingerprint density at radius 2 is 1.88 bits per heavy atom. The molecule has 0 atom stereocenters. The maximum Gasteiger partial charge on any atom is 0.267 e. The van der Waals surface area contributed by atoms with E-state index in [1.807, 2.05) is 42.5 Å². The van der Waals surface area contributed by atoms with Gasteiger partial charge in [0.05, 0.1) is 24.8 Å². The van der Waals surface area contributed by atoms with Crippen molar-refractivity contribution in [1.29, 1.82) is 0 Å². The number of hydrogen-bond donors (Lipinski definition) is 0. The summed E-state index contributed by atoms with van der Waals surface area (Å²) in [4.78, 5) is 17.1. The van der Waals surface area contributed by atoms with Gasteiger partial charge in [0, 0.05) is 24.7 Å². The molecule has 0 aliphatic carbocycles. The van der Waals surface area contributed by atoms with Crippen LogP contribution in [0.1, 0.15) is 5.76 Å². The molecule has 2 saturated heterocycles. The molecular formula is C19H18N2O3S2. The quantitative estimate of drug-likeness (QED) is 0.593. The van der Waals surface area contributed by atoms with E-state index in [9.17, 15) is 4.79 Å². The molecule has 2 fully saturated rings. The average molecular weight is 386 g/mol. The first-order valence-corrected chi connectivity index (χ1v) is 9.64. The van der Waals surface area contributed by atoms with Gasteiger partial charge < -0.3 is 9.15 Å². The predicted octanol–water partition coefficient (Wildman–Crippen LogP) is 3.44. The van der Waals surface area contributed by atoms with E-state index in [4.69, 9.17) is 21.4 Å². The second kappa shape index (κ2) is 7.75. The molecule has 2 aromatic rings. The van der Waals surface area contributed by atoms with Crippen LogP contribution < -0.4 is 0 Å². The summed E-state index contributed by atoms with van der Waals surface area (Å²) in [5.74, 6) is 1.36. The summed E-state index contributed by atoms with van der Waals surface area (Å²) >= 11 is 6.72. The van der Waals surface area contributed by atoms with Crippen molar-refractivity contribution in [2.24, 2.45) is 0 Å². The smallest absolute Gasteiger partial charge is 0.267 e. The molecule has 134 valence electrons. The van der Waals surface area contributed by atoms with Gasteiger partial charge in [-0.2, -0.15) is 0 Å². The molecule has 5 nitrogen and oxygen atoms in total. The van der Waals surface area contributed by atoms with Gasteiger partial charge in [0.1, 0.15) is 15.8 Å². The minimum atomic E-state index is -0.0656. The number of thiocarbonyl (C=S) groups is 1. The summed E-state index contributed by atoms with van der Waals surface area (Å²) in [6.45, 7) is 3.53. The minimum Gasteiger partial charge on any atom is -0.457 e. The third kappa shape index (κ3) is 3.76. The second-order valence-corrected chi connectivity index (χ2v) is 7.73. The fourth-order valence-corrected chi connectivity index (χ4v) is 4.10. The van der Waals surface area contributed by atoms with Crippen LogP contribution in [0.25, 0.3) is 17.4 Å². The Morgan fingerprint density at radius 3 is 2.65 bits per heavy atom. The molecule has 3 heterocycles. The molecule has 0 bridgehead atoms. The number of morpholine rings is 1. The van der Waals surface area contributed by atoms with Crippen molar-refractivity contribution in [2.45, 2.75) is 0 Å². The van der Waals surface area contributed by atoms with E-state index in [-0.39, 0.29) is 5.91 Å². The molecule has 0 saturated carbocycles. The molecule has 7 heteroatoms. The highest BCUT2D eigenvalue weighted by atomic mass is 32.2. The Kier molecular flexibility index (Phi) is 5.21. The van der Waals surface area contributed by atoms with Crippen LogP contribution in [-0.2, 0) is 9.53 Å². The number of amides is 1. The first-order valence-electron chi connectivity index (χ1n) is 8.41. The predicted molar refractivity (Wildman–Crippen MR) is 106 cm³/mol. The summed E-state index contributed by atoms with van der Waals surface area (Å²) in [5.41, 5.74) is 1.01. The molecule has 1 amide bonds. The average Bonchev–Trinajstić information content (AvgIpc) is 3.24. The van der Waals surface area contributed by atoms with Gasteiger partial charge in [0.25, 0.3) is 5.91 Å². The zero-order valence-electron chi connectivity index (χ0n) is 14.1. The normalized spacial score (nSPS) is 20.3. The molecule has 0 radical (unpaired) electrons. The van der Waals surface area contributed by atoms with Crippen LogP contribution >= 0.6 is 24.0 Å². The largest absolute Gasteiger partial charge is 0.457 e. The lowest BCUT2D eigenvalue weighted by molar-refractivity contribution is -0.124. The third-order valence-electron chi connectivity index (χ3n) is 4.28. The van der Waals surface area contributed by atoms with E-state index in [0.717, 1.165) is 24.4 Å². The Balaban J connectivity index is 1.48. The van der Waals surface area contributed by atoms with Crippen molar-refractivity contribution in [1.82, 2.24) is 9.80 Å². The highest BCUT2D eigenvalue weighted by molar-refractivity contribution is 8.26. The number of nitrogens with zero attached hydrogens (tertiary/aromatic N) is 2. The molecule has 26 heavy (non-hydrogen) atoms. The van der Waals surface area contributed by atoms with Crippen LogP contribution in [0.3, 0.4) is 0 Å². The molecule has 2 aliphatic rings. The van der Waals surface area contributed by atoms with Gasteiger partial charge in [0.2, 0.25) is 0 Å². The first-order chi connectivity index (χ1) is 12.7. The zero-order valence-corrected chi connectivity index (χ0v) is 15.7. The number of thioether (sulfide) groups is 1. The molecular weight excluding hydrogens is 368 g/mol. The van der Waals surface area contributed by atoms with Crippen LogP contribution in [0.5, 0.6) is 0 Å². The Bertz CT molecular complexity index is 841. The summed E-state index contributed by atoms with van der Waals surface area (Å²) in [7, 11) is 0. The van der Waals surface area contributed by atoms with E-state index in [1.54, 1.807) is 11.0 Å². The van der Waals surface area contributed by atoms with Crippen molar-refractivity contribution >= 4 is 40.3 Å². The number of ether oxygens (including phenoxy) is 1. The monoisotopic (exact) mass is 386 g/mol. The fourth-order valence-electron chi connectivity index (χ4n) is 2.88. The highest BCUT2D eigenvalue weighted by Crippen LogP contribution is 2.33. The van der Waals surface area contributed by atoms with Crippen LogP contribution in [0, 0.1) is 0 Å². The topological polar surface area (TPSA) is 45.9 Å². The van der Waals surface area contributed by atoms with Gasteiger partial charge in [-0.25, -0.2) is 0 Å². The molecule has 0 N–H and O–H groups in total. The standard InChI is InChI=1S/C19H18N2O3S2/c22-18-17(26-19(25)21(18)13-20-8-10-23-11-9-20)12-15-6-7-16(24-15)14-4-2-1-3-5-14/h1-7,12H,8-11,13H2/b17-12-. The number of hydrogen-bond acceptors (Lipinski definition) is 6. The van der Waals surface area contributed by atoms with E-state index in [1.165, 1.54) is 11.8 Å². The number of furan rings is 1. The summed E-state index contributed by atoms with van der Waals surface area (Å²) in [6.07, 6.45) is 1.77. The van der Waals surface area contributed by atoms with Crippen molar-refractivity contribution < 1.29 is 13.9 Å². The molecule has 4 rings (SSSR count). The first kappa shape index (κ1) is 17.5. The Hall–Kier alpha value is -1.93. The number of benzene rings is 1. The maximum absolute atomic E-state index is 12.7. The molecule has 0 spiro atoms. The summed E-state index contributed by atoms with van der Waals surface area (Å²) in [6, 6.07) is 13.7. The highest BCUT2D eigenvalue weighted by Gasteiger charge is 2.33. The summed E-state index contributed by atoms with van der Waals surface area (Å²) < 4.78 is 11.8. The van der Waals surface area contributed by atoms with Crippen molar-refractivity contribution in [3.63, 3.8) is 0 Å². The lowest BCUT2D eigenvalue weighted by Crippen LogP contribution is -2.45. The Labute approximate surface area is 161 Å². The minimum absolute atomic E-state index is 0.0656. The van der Waals surface area contributed by atoms with Crippen molar-refractivity contribution in [3.8, 4) is 11.3 Å². The maximum atomic E-state index is 12.7. The van der Waals surface area contributed by atoms with E-state index in [2.05, 4.69) is 4.90 Å². The lowest BCUT2D eigenvalue weighted by Gasteiger charge is -2.29. The number of rotatable bonds is 4. The van der Waals surface area contributed by atoms with Gasteiger partial charge in [0.15, 0.2) is 0 Å². The van der Waals surface area contributed by atoms with E-state index in [0.29, 0.717) is 34.9 Å². The number of carbonyl (C=O) groups excluding carboxylic acids is 1. The molecule has 1 aromatic heterocycles. The second-order valence-electron chi connectivity index (χ2n) is 6.05. The third-order valence-corrected chi connectivity index (χ3v) is 5.65. The van der Waals surface area contributed by atoms with Gasteiger partial charge in [-0.15, -0.1) is 0 Å². The molecule has 1 aromatic carbocycles. The summed E-state index contributed by atoms with van der Waals surface area (Å²) in [5, 5.41) is 0. The Morgan fingerprint density at radius 1 is 1.12 bits per heavy atom.